The van der Waals surface area contributed by atoms with E-state index < -0.39 is 22.0 Å². The maximum atomic E-state index is 13.2. The molecule has 0 spiro atoms. The number of carbonyl (C=O) groups is 1. The van der Waals surface area contributed by atoms with Crippen LogP contribution in [0, 0.1) is 0 Å². The first-order valence-corrected chi connectivity index (χ1v) is 11.8. The van der Waals surface area contributed by atoms with Crippen molar-refractivity contribution in [3.63, 3.8) is 0 Å². The molecule has 8 nitrogen and oxygen atoms in total. The predicted molar refractivity (Wildman–Crippen MR) is 128 cm³/mol. The van der Waals surface area contributed by atoms with E-state index in [1.54, 1.807) is 67.6 Å². The van der Waals surface area contributed by atoms with E-state index in [1.165, 1.54) is 6.07 Å². The quantitative estimate of drug-likeness (QED) is 0.252. The van der Waals surface area contributed by atoms with Gasteiger partial charge in [-0.2, -0.15) is 0 Å². The third kappa shape index (κ3) is 6.64. The molecule has 3 rings (SSSR count). The number of rotatable bonds is 9. The SMILES string of the molecule is CCOC(=O)CC(NS(=O)(=O)c1cccc(-c2cccc(N=C(N)N)c2)c1)c1ccccc1. The van der Waals surface area contributed by atoms with E-state index in [4.69, 9.17) is 16.2 Å². The Kier molecular flexibility index (Phi) is 7.81. The number of ether oxygens (including phenoxy) is 1. The number of carbonyl (C=O) groups excluding carboxylic acids is 1. The molecule has 1 unspecified atom stereocenters. The standard InChI is InChI=1S/C24H26N4O4S/c1-2-32-23(29)16-22(17-8-4-3-5-9-17)28-33(30,31)21-13-7-11-19(15-21)18-10-6-12-20(14-18)27-24(25)26/h3-15,22,28H,2,16H2,1H3,(H4,25,26,27). The van der Waals surface area contributed by atoms with Crippen LogP contribution < -0.4 is 16.2 Å². The molecule has 0 saturated heterocycles. The van der Waals surface area contributed by atoms with Crippen molar-refractivity contribution in [2.75, 3.05) is 6.61 Å². The zero-order chi connectivity index (χ0) is 23.8. The van der Waals surface area contributed by atoms with Gasteiger partial charge in [0.1, 0.15) is 0 Å². The van der Waals surface area contributed by atoms with Crippen molar-refractivity contribution in [2.45, 2.75) is 24.3 Å². The molecule has 0 aliphatic carbocycles. The summed E-state index contributed by atoms with van der Waals surface area (Å²) in [5, 5.41) is 0. The topological polar surface area (TPSA) is 137 Å². The van der Waals surface area contributed by atoms with Crippen LogP contribution in [0.3, 0.4) is 0 Å². The molecule has 3 aromatic rings. The van der Waals surface area contributed by atoms with Crippen molar-refractivity contribution < 1.29 is 17.9 Å². The van der Waals surface area contributed by atoms with E-state index >= 15 is 0 Å². The van der Waals surface area contributed by atoms with Gasteiger partial charge in [0.2, 0.25) is 10.0 Å². The number of hydrogen-bond acceptors (Lipinski definition) is 5. The van der Waals surface area contributed by atoms with Crippen molar-refractivity contribution in [3.8, 4) is 11.1 Å². The fraction of sp³-hybridized carbons (Fsp3) is 0.167. The molecule has 0 aromatic heterocycles. The molecule has 5 N–H and O–H groups in total. The summed E-state index contributed by atoms with van der Waals surface area (Å²) in [6, 6.07) is 21.7. The third-order valence-corrected chi connectivity index (χ3v) is 6.23. The summed E-state index contributed by atoms with van der Waals surface area (Å²) in [6.07, 6.45) is -0.128. The second-order valence-electron chi connectivity index (χ2n) is 7.21. The van der Waals surface area contributed by atoms with Crippen molar-refractivity contribution in [1.29, 1.82) is 0 Å². The van der Waals surface area contributed by atoms with Gasteiger partial charge in [-0.3, -0.25) is 4.79 Å². The average Bonchev–Trinajstić information content (AvgIpc) is 2.79. The summed E-state index contributed by atoms with van der Waals surface area (Å²) in [4.78, 5) is 16.2. The van der Waals surface area contributed by atoms with Gasteiger partial charge in [0.15, 0.2) is 5.96 Å². The molecular weight excluding hydrogens is 440 g/mol. The molecule has 3 aromatic carbocycles. The van der Waals surface area contributed by atoms with E-state index in [-0.39, 0.29) is 23.9 Å². The normalized spacial score (nSPS) is 12.0. The minimum atomic E-state index is -3.95. The minimum absolute atomic E-state index is 0.0667. The van der Waals surface area contributed by atoms with E-state index in [0.29, 0.717) is 16.8 Å². The highest BCUT2D eigenvalue weighted by Gasteiger charge is 2.24. The van der Waals surface area contributed by atoms with Crippen LogP contribution in [0.2, 0.25) is 0 Å². The van der Waals surface area contributed by atoms with Gasteiger partial charge in [0, 0.05) is 0 Å². The highest BCUT2D eigenvalue weighted by atomic mass is 32.2. The molecule has 1 atom stereocenters. The van der Waals surface area contributed by atoms with E-state index in [0.717, 1.165) is 5.56 Å². The van der Waals surface area contributed by atoms with Crippen LogP contribution in [0.4, 0.5) is 5.69 Å². The van der Waals surface area contributed by atoms with Crippen molar-refractivity contribution in [3.05, 3.63) is 84.4 Å². The fourth-order valence-electron chi connectivity index (χ4n) is 3.30. The molecule has 0 amide bonds. The lowest BCUT2D eigenvalue weighted by Crippen LogP contribution is -2.30. The number of guanidine groups is 1. The first-order valence-electron chi connectivity index (χ1n) is 10.3. The van der Waals surface area contributed by atoms with Gasteiger partial charge in [-0.15, -0.1) is 0 Å². The van der Waals surface area contributed by atoms with Gasteiger partial charge in [-0.1, -0.05) is 54.6 Å². The van der Waals surface area contributed by atoms with E-state index in [1.807, 2.05) is 12.1 Å². The molecule has 0 aliphatic heterocycles. The number of benzene rings is 3. The maximum absolute atomic E-state index is 13.2. The fourth-order valence-corrected chi connectivity index (χ4v) is 4.57. The number of esters is 1. The van der Waals surface area contributed by atoms with Crippen LogP contribution in [-0.4, -0.2) is 27.0 Å². The van der Waals surface area contributed by atoms with Gasteiger partial charge >= 0.3 is 5.97 Å². The van der Waals surface area contributed by atoms with Crippen molar-refractivity contribution in [2.24, 2.45) is 16.5 Å². The Labute approximate surface area is 193 Å². The minimum Gasteiger partial charge on any atom is -0.466 e. The predicted octanol–water partition coefficient (Wildman–Crippen LogP) is 3.23. The molecular formula is C24H26N4O4S. The maximum Gasteiger partial charge on any atom is 0.307 e. The molecule has 0 fully saturated rings. The summed E-state index contributed by atoms with van der Waals surface area (Å²) in [6.45, 7) is 1.92. The van der Waals surface area contributed by atoms with Crippen LogP contribution >= 0.6 is 0 Å². The zero-order valence-corrected chi connectivity index (χ0v) is 19.0. The first kappa shape index (κ1) is 24.0. The van der Waals surface area contributed by atoms with E-state index in [2.05, 4.69) is 9.71 Å². The summed E-state index contributed by atoms with van der Waals surface area (Å²) >= 11 is 0. The second-order valence-corrected chi connectivity index (χ2v) is 8.92. The Morgan fingerprint density at radius 1 is 0.970 bits per heavy atom. The van der Waals surface area contributed by atoms with Gasteiger partial charge in [-0.05, 0) is 47.9 Å². The molecule has 33 heavy (non-hydrogen) atoms. The summed E-state index contributed by atoms with van der Waals surface area (Å²) in [5.74, 6) is -0.555. The van der Waals surface area contributed by atoms with Gasteiger partial charge in [0.05, 0.1) is 29.7 Å². The second kappa shape index (κ2) is 10.8. The molecule has 0 saturated carbocycles. The molecule has 172 valence electrons. The van der Waals surface area contributed by atoms with E-state index in [9.17, 15) is 13.2 Å². The Morgan fingerprint density at radius 3 is 2.30 bits per heavy atom. The third-order valence-electron chi connectivity index (χ3n) is 4.76. The lowest BCUT2D eigenvalue weighted by atomic mass is 10.1. The molecule has 9 heteroatoms. The van der Waals surface area contributed by atoms with Gasteiger partial charge < -0.3 is 16.2 Å². The number of sulfonamides is 1. The summed E-state index contributed by atoms with van der Waals surface area (Å²) in [7, 11) is -3.95. The Morgan fingerprint density at radius 2 is 1.64 bits per heavy atom. The summed E-state index contributed by atoms with van der Waals surface area (Å²) in [5.41, 5.74) is 13.5. The van der Waals surface area contributed by atoms with Crippen LogP contribution in [0.5, 0.6) is 0 Å². The molecule has 0 radical (unpaired) electrons. The summed E-state index contributed by atoms with van der Waals surface area (Å²) < 4.78 is 34.1. The van der Waals surface area contributed by atoms with Crippen LogP contribution in [-0.2, 0) is 19.6 Å². The lowest BCUT2D eigenvalue weighted by Gasteiger charge is -2.19. The lowest BCUT2D eigenvalue weighted by molar-refractivity contribution is -0.143. The van der Waals surface area contributed by atoms with Crippen LogP contribution in [0.1, 0.15) is 24.9 Å². The molecule has 0 bridgehead atoms. The Balaban J connectivity index is 1.92. The first-order chi connectivity index (χ1) is 15.8. The monoisotopic (exact) mass is 466 g/mol. The van der Waals surface area contributed by atoms with Gasteiger partial charge in [0.25, 0.3) is 0 Å². The number of nitrogens with one attached hydrogen (secondary N) is 1. The van der Waals surface area contributed by atoms with Gasteiger partial charge in [-0.25, -0.2) is 18.1 Å². The number of hydrogen-bond donors (Lipinski definition) is 3. The Hall–Kier alpha value is -3.69. The highest BCUT2D eigenvalue weighted by Crippen LogP contribution is 2.27. The smallest absolute Gasteiger partial charge is 0.307 e. The highest BCUT2D eigenvalue weighted by molar-refractivity contribution is 7.89. The number of aliphatic imine (C=N–C) groups is 1. The van der Waals surface area contributed by atoms with Crippen molar-refractivity contribution in [1.82, 2.24) is 4.72 Å². The van der Waals surface area contributed by atoms with Crippen molar-refractivity contribution >= 4 is 27.6 Å². The number of nitrogens with two attached hydrogens (primary N) is 2. The largest absolute Gasteiger partial charge is 0.466 e. The van der Waals surface area contributed by atoms with Crippen LogP contribution in [0.25, 0.3) is 11.1 Å². The average molecular weight is 467 g/mol. The number of nitrogens with zero attached hydrogens (tertiary/aromatic N) is 1. The Bertz CT molecular complexity index is 1240. The molecule has 0 aliphatic rings. The van der Waals surface area contributed by atoms with Crippen LogP contribution in [0.15, 0.2) is 88.8 Å². The molecule has 0 heterocycles. The zero-order valence-electron chi connectivity index (χ0n) is 18.1.